The Morgan fingerprint density at radius 2 is 1.11 bits per heavy atom. The number of aliphatic hydroxyl groups is 1. The van der Waals surface area contributed by atoms with Gasteiger partial charge in [-0.3, -0.25) is 9.59 Å². The quantitative estimate of drug-likeness (QED) is 0.221. The molecule has 0 heterocycles. The lowest BCUT2D eigenvalue weighted by Crippen LogP contribution is -2.25. The monoisotopic (exact) mass is 480 g/mol. The Balaban J connectivity index is 1.64. The van der Waals surface area contributed by atoms with E-state index in [4.69, 9.17) is 0 Å². The number of rotatable bonds is 18. The van der Waals surface area contributed by atoms with E-state index in [9.17, 15) is 19.8 Å². The molecule has 192 valence electrons. The van der Waals surface area contributed by atoms with Crippen molar-refractivity contribution in [3.05, 3.63) is 71.8 Å². The lowest BCUT2D eigenvalue weighted by atomic mass is 9.75. The number of ketones is 1. The van der Waals surface area contributed by atoms with E-state index in [0.717, 1.165) is 63.4 Å². The van der Waals surface area contributed by atoms with Crippen molar-refractivity contribution in [3.63, 3.8) is 0 Å². The number of Topliss-reactive ketones (excluding diaryl/α,β-unsaturated/α-hetero) is 1. The molecular weight excluding hydrogens is 436 g/mol. The molecule has 0 aliphatic rings. The molecule has 0 aliphatic heterocycles. The number of carbonyl (C=O) groups is 2. The van der Waals surface area contributed by atoms with Gasteiger partial charge in [0.05, 0.1) is 6.42 Å². The van der Waals surface area contributed by atoms with Gasteiger partial charge in [-0.1, -0.05) is 100 Å². The third kappa shape index (κ3) is 9.97. The molecular formula is C31H44O4. The number of aliphatic carboxylic acids is 1. The second-order valence-electron chi connectivity index (χ2n) is 10.6. The highest BCUT2D eigenvalue weighted by Gasteiger charge is 2.29. The van der Waals surface area contributed by atoms with E-state index in [1.165, 1.54) is 5.56 Å². The first-order valence-corrected chi connectivity index (χ1v) is 13.2. The minimum atomic E-state index is -0.771. The molecule has 2 aromatic carbocycles. The van der Waals surface area contributed by atoms with Crippen LogP contribution in [0.5, 0.6) is 0 Å². The van der Waals surface area contributed by atoms with E-state index in [-0.39, 0.29) is 23.9 Å². The van der Waals surface area contributed by atoms with Crippen molar-refractivity contribution in [2.24, 2.45) is 0 Å². The van der Waals surface area contributed by atoms with Gasteiger partial charge < -0.3 is 10.2 Å². The van der Waals surface area contributed by atoms with E-state index in [1.807, 2.05) is 43.3 Å². The third-order valence-corrected chi connectivity index (χ3v) is 7.51. The average Bonchev–Trinajstić information content (AvgIpc) is 2.84. The Kier molecular flexibility index (Phi) is 12.2. The molecule has 0 saturated carbocycles. The van der Waals surface area contributed by atoms with E-state index in [2.05, 4.69) is 31.2 Å². The predicted molar refractivity (Wildman–Crippen MR) is 143 cm³/mol. The number of hydrogen-bond donors (Lipinski definition) is 2. The van der Waals surface area contributed by atoms with Gasteiger partial charge in [-0.15, -0.1) is 0 Å². The zero-order valence-electron chi connectivity index (χ0n) is 21.7. The first kappa shape index (κ1) is 28.8. The largest absolute Gasteiger partial charge is 0.481 e. The van der Waals surface area contributed by atoms with Gasteiger partial charge in [-0.25, -0.2) is 0 Å². The molecule has 2 rings (SSSR count). The number of carbonyl (C=O) groups excluding carboxylic acids is 1. The molecule has 4 heteroatoms. The molecule has 0 spiro atoms. The van der Waals surface area contributed by atoms with Gasteiger partial charge in [-0.2, -0.15) is 0 Å². The van der Waals surface area contributed by atoms with Crippen LogP contribution in [-0.2, 0) is 20.4 Å². The molecule has 0 radical (unpaired) electrons. The molecule has 35 heavy (non-hydrogen) atoms. The minimum Gasteiger partial charge on any atom is -0.481 e. The number of benzene rings is 2. The summed E-state index contributed by atoms with van der Waals surface area (Å²) in [4.78, 5) is 23.8. The van der Waals surface area contributed by atoms with Crippen LogP contribution in [-0.4, -0.2) is 28.6 Å². The van der Waals surface area contributed by atoms with E-state index in [1.54, 1.807) is 0 Å². The molecule has 0 bridgehead atoms. The van der Waals surface area contributed by atoms with E-state index < -0.39 is 5.97 Å². The second-order valence-corrected chi connectivity index (χ2v) is 10.6. The van der Waals surface area contributed by atoms with Crippen molar-refractivity contribution >= 4 is 11.8 Å². The van der Waals surface area contributed by atoms with Crippen LogP contribution < -0.4 is 0 Å². The fourth-order valence-corrected chi connectivity index (χ4v) is 5.16. The number of aliphatic hydroxyl groups excluding tert-OH is 1. The second kappa shape index (κ2) is 14.8. The first-order valence-electron chi connectivity index (χ1n) is 13.2. The molecule has 2 N–H and O–H groups in total. The summed E-state index contributed by atoms with van der Waals surface area (Å²) in [6.45, 7) is 4.44. The van der Waals surface area contributed by atoms with Crippen molar-refractivity contribution in [1.29, 1.82) is 0 Å². The van der Waals surface area contributed by atoms with Crippen LogP contribution in [0.4, 0.5) is 0 Å². The maximum absolute atomic E-state index is 12.3. The fraction of sp³-hybridized carbons (Fsp3) is 0.548. The lowest BCUT2D eigenvalue weighted by molar-refractivity contribution is -0.138. The molecule has 4 nitrogen and oxygen atoms in total. The normalized spacial score (nSPS) is 14.7. The molecule has 2 unspecified atom stereocenters. The van der Waals surface area contributed by atoms with Crippen molar-refractivity contribution in [2.75, 3.05) is 6.61 Å². The number of carboxylic acids is 1. The van der Waals surface area contributed by atoms with Crippen LogP contribution in [0.1, 0.15) is 102 Å². The summed E-state index contributed by atoms with van der Waals surface area (Å²) >= 11 is 0. The van der Waals surface area contributed by atoms with Crippen LogP contribution >= 0.6 is 0 Å². The number of unbranched alkanes of at least 4 members (excludes halogenated alkanes) is 4. The van der Waals surface area contributed by atoms with Gasteiger partial charge in [0.15, 0.2) is 0 Å². The van der Waals surface area contributed by atoms with E-state index >= 15 is 0 Å². The highest BCUT2D eigenvalue weighted by atomic mass is 16.4. The van der Waals surface area contributed by atoms with Crippen molar-refractivity contribution < 1.29 is 19.8 Å². The number of carboxylic acid groups (broad SMARTS) is 1. The van der Waals surface area contributed by atoms with E-state index in [0.29, 0.717) is 18.6 Å². The average molecular weight is 481 g/mol. The minimum absolute atomic E-state index is 0.0189. The molecule has 0 amide bonds. The summed E-state index contributed by atoms with van der Waals surface area (Å²) < 4.78 is 0. The van der Waals surface area contributed by atoms with Crippen LogP contribution in [0.2, 0.25) is 0 Å². The summed E-state index contributed by atoms with van der Waals surface area (Å²) in [6.07, 6.45) is 9.73. The maximum Gasteiger partial charge on any atom is 0.304 e. The van der Waals surface area contributed by atoms with Crippen LogP contribution in [0.15, 0.2) is 60.7 Å². The van der Waals surface area contributed by atoms with Gasteiger partial charge in [0, 0.05) is 24.9 Å². The molecule has 0 aliphatic carbocycles. The Morgan fingerprint density at radius 1 is 0.657 bits per heavy atom. The van der Waals surface area contributed by atoms with Crippen LogP contribution in [0, 0.1) is 0 Å². The van der Waals surface area contributed by atoms with Crippen molar-refractivity contribution in [1.82, 2.24) is 0 Å². The summed E-state index contributed by atoms with van der Waals surface area (Å²) in [6, 6.07) is 20.3. The van der Waals surface area contributed by atoms with Crippen molar-refractivity contribution in [2.45, 2.75) is 102 Å². The van der Waals surface area contributed by atoms with Crippen molar-refractivity contribution in [3.8, 4) is 0 Å². The summed E-state index contributed by atoms with van der Waals surface area (Å²) in [5.41, 5.74) is 1.95. The Bertz CT molecular complexity index is 879. The van der Waals surface area contributed by atoms with Gasteiger partial charge >= 0.3 is 5.97 Å². The van der Waals surface area contributed by atoms with Gasteiger partial charge in [0.25, 0.3) is 0 Å². The SMILES string of the molecule is CC(CCO)(CCCCCC(=O)CCCCCC(C)(CC(=O)O)c1ccccc1)c1ccccc1. The van der Waals surface area contributed by atoms with Crippen LogP contribution in [0.3, 0.4) is 0 Å². The first-order chi connectivity index (χ1) is 16.8. The zero-order valence-corrected chi connectivity index (χ0v) is 21.7. The molecule has 0 fully saturated rings. The lowest BCUT2D eigenvalue weighted by Gasteiger charge is -2.29. The van der Waals surface area contributed by atoms with Gasteiger partial charge in [0.1, 0.15) is 5.78 Å². The topological polar surface area (TPSA) is 74.6 Å². The highest BCUT2D eigenvalue weighted by molar-refractivity contribution is 5.78. The number of hydrogen-bond acceptors (Lipinski definition) is 3. The summed E-state index contributed by atoms with van der Waals surface area (Å²) in [7, 11) is 0. The third-order valence-electron chi connectivity index (χ3n) is 7.51. The predicted octanol–water partition coefficient (Wildman–Crippen LogP) is 7.23. The summed E-state index contributed by atoms with van der Waals surface area (Å²) in [5.74, 6) is -0.436. The Morgan fingerprint density at radius 3 is 1.57 bits per heavy atom. The van der Waals surface area contributed by atoms with Crippen LogP contribution in [0.25, 0.3) is 0 Å². The maximum atomic E-state index is 12.3. The standard InChI is InChI=1S/C31H44O4/c1-30(23-24-32,26-15-7-3-8-16-26)21-13-5-11-19-28(33)20-12-6-14-22-31(2,25-29(34)35)27-17-9-4-10-18-27/h3-4,7-10,15-18,32H,5-6,11-14,19-25H2,1-2H3,(H,34,35). The van der Waals surface area contributed by atoms with Gasteiger partial charge in [-0.05, 0) is 48.6 Å². The molecule has 2 atom stereocenters. The molecule has 0 aromatic heterocycles. The smallest absolute Gasteiger partial charge is 0.304 e. The Hall–Kier alpha value is -2.46. The zero-order chi connectivity index (χ0) is 25.6. The fourth-order valence-electron chi connectivity index (χ4n) is 5.16. The molecule has 0 saturated heterocycles. The molecule has 2 aromatic rings. The highest BCUT2D eigenvalue weighted by Crippen LogP contribution is 2.34. The summed E-state index contributed by atoms with van der Waals surface area (Å²) in [5, 5.41) is 18.9. The Labute approximate surface area is 211 Å². The van der Waals surface area contributed by atoms with Gasteiger partial charge in [0.2, 0.25) is 0 Å².